The Morgan fingerprint density at radius 3 is 2.42 bits per heavy atom. The van der Waals surface area contributed by atoms with Crippen LogP contribution in [0.5, 0.6) is 11.5 Å². The van der Waals surface area contributed by atoms with Gasteiger partial charge in [0.25, 0.3) is 0 Å². The Morgan fingerprint density at radius 2 is 1.75 bits per heavy atom. The van der Waals surface area contributed by atoms with Gasteiger partial charge in [0.05, 0.1) is 7.11 Å². The second-order valence-electron chi connectivity index (χ2n) is 5.01. The maximum Gasteiger partial charge on any atom is 0.330 e. The van der Waals surface area contributed by atoms with Crippen molar-refractivity contribution in [1.82, 2.24) is 0 Å². The molecule has 0 aliphatic rings. The van der Waals surface area contributed by atoms with Crippen molar-refractivity contribution in [3.05, 3.63) is 66.2 Å². The molecular weight excluding hydrogens is 308 g/mol. The molecule has 1 atom stereocenters. The Bertz CT molecular complexity index is 649. The van der Waals surface area contributed by atoms with Gasteiger partial charge in [-0.3, -0.25) is 0 Å². The number of aliphatic hydroxyl groups is 1. The largest absolute Gasteiger partial charge is 0.497 e. The third kappa shape index (κ3) is 6.14. The maximum absolute atomic E-state index is 11.6. The third-order valence-corrected chi connectivity index (χ3v) is 3.13. The fraction of sp³-hybridized carbons (Fsp3) is 0.211. The Hall–Kier alpha value is -2.79. The molecule has 5 nitrogen and oxygen atoms in total. The summed E-state index contributed by atoms with van der Waals surface area (Å²) in [4.78, 5) is 11.6. The van der Waals surface area contributed by atoms with Crippen molar-refractivity contribution in [2.75, 3.05) is 20.3 Å². The van der Waals surface area contributed by atoms with Crippen LogP contribution in [0.4, 0.5) is 0 Å². The summed E-state index contributed by atoms with van der Waals surface area (Å²) in [6.07, 6.45) is 2.06. The minimum atomic E-state index is -0.886. The van der Waals surface area contributed by atoms with Gasteiger partial charge >= 0.3 is 5.97 Å². The first-order chi connectivity index (χ1) is 11.7. The summed E-state index contributed by atoms with van der Waals surface area (Å²) < 4.78 is 15.4. The molecule has 0 radical (unpaired) electrons. The molecule has 1 unspecified atom stereocenters. The van der Waals surface area contributed by atoms with Crippen LogP contribution in [0, 0.1) is 0 Å². The molecule has 0 aromatic heterocycles. The Balaban J connectivity index is 1.70. The molecule has 0 saturated carbocycles. The number of para-hydroxylation sites is 1. The molecule has 0 aliphatic carbocycles. The van der Waals surface area contributed by atoms with Crippen molar-refractivity contribution >= 4 is 12.0 Å². The highest BCUT2D eigenvalue weighted by molar-refractivity contribution is 5.87. The average molecular weight is 328 g/mol. The van der Waals surface area contributed by atoms with Crippen LogP contribution in [0.2, 0.25) is 0 Å². The first-order valence-electron chi connectivity index (χ1n) is 7.52. The van der Waals surface area contributed by atoms with Crippen LogP contribution in [0.25, 0.3) is 6.08 Å². The van der Waals surface area contributed by atoms with E-state index in [0.29, 0.717) is 5.75 Å². The zero-order valence-electron chi connectivity index (χ0n) is 13.4. The van der Waals surface area contributed by atoms with Gasteiger partial charge in [-0.1, -0.05) is 30.3 Å². The predicted octanol–water partition coefficient (Wildman–Crippen LogP) is 2.69. The number of carbonyl (C=O) groups excluding carboxylic acids is 1. The lowest BCUT2D eigenvalue weighted by Gasteiger charge is -2.12. The Morgan fingerprint density at radius 1 is 1.04 bits per heavy atom. The number of carbonyl (C=O) groups is 1. The monoisotopic (exact) mass is 328 g/mol. The van der Waals surface area contributed by atoms with Gasteiger partial charge in [-0.05, 0) is 35.9 Å². The lowest BCUT2D eigenvalue weighted by Crippen LogP contribution is -2.24. The Kier molecular flexibility index (Phi) is 6.86. The van der Waals surface area contributed by atoms with Crippen LogP contribution >= 0.6 is 0 Å². The summed E-state index contributed by atoms with van der Waals surface area (Å²) in [5.74, 6) is 0.878. The van der Waals surface area contributed by atoms with E-state index in [0.717, 1.165) is 11.3 Å². The lowest BCUT2D eigenvalue weighted by atomic mass is 10.2. The van der Waals surface area contributed by atoms with E-state index in [1.54, 1.807) is 37.5 Å². The fourth-order valence-electron chi connectivity index (χ4n) is 1.86. The zero-order chi connectivity index (χ0) is 17.2. The Labute approximate surface area is 141 Å². The summed E-state index contributed by atoms with van der Waals surface area (Å²) in [7, 11) is 1.59. The number of hydrogen-bond donors (Lipinski definition) is 1. The van der Waals surface area contributed by atoms with Crippen molar-refractivity contribution in [1.29, 1.82) is 0 Å². The average Bonchev–Trinajstić information content (AvgIpc) is 2.64. The standard InChI is InChI=1S/C19H20O5/c1-22-17-10-7-15(8-11-17)9-12-19(21)24-14-16(20)13-23-18-5-3-2-4-6-18/h2-12,16,20H,13-14H2,1H3/b12-9+. The van der Waals surface area contributed by atoms with Crippen LogP contribution in [0.3, 0.4) is 0 Å². The van der Waals surface area contributed by atoms with E-state index in [1.807, 2.05) is 30.3 Å². The molecule has 24 heavy (non-hydrogen) atoms. The number of benzene rings is 2. The second kappa shape index (κ2) is 9.37. The van der Waals surface area contributed by atoms with Gasteiger partial charge < -0.3 is 19.3 Å². The van der Waals surface area contributed by atoms with Crippen molar-refractivity contribution < 1.29 is 24.1 Å². The molecule has 1 N–H and O–H groups in total. The number of hydrogen-bond acceptors (Lipinski definition) is 5. The van der Waals surface area contributed by atoms with E-state index in [4.69, 9.17) is 14.2 Å². The minimum Gasteiger partial charge on any atom is -0.497 e. The number of rotatable bonds is 8. The van der Waals surface area contributed by atoms with Gasteiger partial charge in [0.1, 0.15) is 30.8 Å². The van der Waals surface area contributed by atoms with E-state index < -0.39 is 12.1 Å². The number of esters is 1. The highest BCUT2D eigenvalue weighted by Gasteiger charge is 2.08. The third-order valence-electron chi connectivity index (χ3n) is 3.13. The quantitative estimate of drug-likeness (QED) is 0.596. The van der Waals surface area contributed by atoms with Crippen LogP contribution < -0.4 is 9.47 Å². The second-order valence-corrected chi connectivity index (χ2v) is 5.01. The predicted molar refractivity (Wildman–Crippen MR) is 90.9 cm³/mol. The van der Waals surface area contributed by atoms with Crippen molar-refractivity contribution in [2.24, 2.45) is 0 Å². The minimum absolute atomic E-state index is 0.0550. The molecule has 0 heterocycles. The van der Waals surface area contributed by atoms with Crippen molar-refractivity contribution in [2.45, 2.75) is 6.10 Å². The molecular formula is C19H20O5. The summed E-state index contributed by atoms with van der Waals surface area (Å²) in [6, 6.07) is 16.4. The zero-order valence-corrected chi connectivity index (χ0v) is 13.4. The number of ether oxygens (including phenoxy) is 3. The molecule has 0 bridgehead atoms. The number of methoxy groups -OCH3 is 1. The summed E-state index contributed by atoms with van der Waals surface area (Å²) >= 11 is 0. The topological polar surface area (TPSA) is 65.0 Å². The molecule has 2 rings (SSSR count). The first-order valence-corrected chi connectivity index (χ1v) is 7.52. The summed E-state index contributed by atoms with van der Waals surface area (Å²) in [6.45, 7) is -0.0713. The fourth-order valence-corrected chi connectivity index (χ4v) is 1.86. The normalized spacial score (nSPS) is 11.9. The van der Waals surface area contributed by atoms with E-state index in [1.165, 1.54) is 6.08 Å². The molecule has 2 aromatic carbocycles. The lowest BCUT2D eigenvalue weighted by molar-refractivity contribution is -0.141. The number of aliphatic hydroxyl groups excluding tert-OH is 1. The van der Waals surface area contributed by atoms with E-state index in [9.17, 15) is 9.90 Å². The maximum atomic E-state index is 11.6. The molecule has 0 saturated heterocycles. The van der Waals surface area contributed by atoms with Gasteiger partial charge in [-0.2, -0.15) is 0 Å². The molecule has 126 valence electrons. The van der Waals surface area contributed by atoms with Gasteiger partial charge in [-0.15, -0.1) is 0 Å². The molecule has 0 amide bonds. The highest BCUT2D eigenvalue weighted by atomic mass is 16.5. The molecule has 2 aromatic rings. The van der Waals surface area contributed by atoms with Crippen LogP contribution in [-0.4, -0.2) is 37.5 Å². The molecule has 0 aliphatic heterocycles. The van der Waals surface area contributed by atoms with E-state index >= 15 is 0 Å². The summed E-state index contributed by atoms with van der Waals surface area (Å²) in [5.41, 5.74) is 0.848. The molecule has 0 spiro atoms. The smallest absolute Gasteiger partial charge is 0.330 e. The van der Waals surface area contributed by atoms with Gasteiger partial charge in [0, 0.05) is 6.08 Å². The van der Waals surface area contributed by atoms with Crippen LogP contribution in [0.15, 0.2) is 60.7 Å². The van der Waals surface area contributed by atoms with Crippen molar-refractivity contribution in [3.8, 4) is 11.5 Å². The highest BCUT2D eigenvalue weighted by Crippen LogP contribution is 2.12. The van der Waals surface area contributed by atoms with Crippen LogP contribution in [0.1, 0.15) is 5.56 Å². The van der Waals surface area contributed by atoms with Crippen molar-refractivity contribution in [3.63, 3.8) is 0 Å². The van der Waals surface area contributed by atoms with Gasteiger partial charge in [-0.25, -0.2) is 4.79 Å². The molecule has 0 fully saturated rings. The van der Waals surface area contributed by atoms with Gasteiger partial charge in [0.15, 0.2) is 0 Å². The van der Waals surface area contributed by atoms with E-state index in [2.05, 4.69) is 0 Å². The first kappa shape index (κ1) is 17.6. The molecule has 5 heteroatoms. The SMILES string of the molecule is COc1ccc(/C=C/C(=O)OCC(O)COc2ccccc2)cc1. The summed E-state index contributed by atoms with van der Waals surface area (Å²) in [5, 5.41) is 9.76. The van der Waals surface area contributed by atoms with Crippen LogP contribution in [-0.2, 0) is 9.53 Å². The van der Waals surface area contributed by atoms with Gasteiger partial charge in [0.2, 0.25) is 0 Å². The van der Waals surface area contributed by atoms with E-state index in [-0.39, 0.29) is 13.2 Å².